The number of hydrogen-bond donors (Lipinski definition) is 0. The van der Waals surface area contributed by atoms with E-state index < -0.39 is 35.0 Å². The highest BCUT2D eigenvalue weighted by molar-refractivity contribution is 6.31. The summed E-state index contributed by atoms with van der Waals surface area (Å²) in [5, 5.41) is 6.34. The predicted octanol–water partition coefficient (Wildman–Crippen LogP) is 4.95. The maximum atomic E-state index is 14.5. The Hall–Kier alpha value is -4.06. The van der Waals surface area contributed by atoms with E-state index in [1.54, 1.807) is 56.3 Å². The zero-order chi connectivity index (χ0) is 25.2. The quantitative estimate of drug-likeness (QED) is 0.385. The molecular weight excluding hydrogens is 452 g/mol. The third-order valence-corrected chi connectivity index (χ3v) is 7.38. The fraction of sp³-hybridized carbons (Fsp3) is 0.267. The molecule has 3 aliphatic rings. The van der Waals surface area contributed by atoms with Crippen molar-refractivity contribution < 1.29 is 19.1 Å². The van der Waals surface area contributed by atoms with E-state index in [9.17, 15) is 14.4 Å². The number of hydrazone groups is 1. The van der Waals surface area contributed by atoms with E-state index in [4.69, 9.17) is 9.84 Å². The number of carbonyl (C=O) groups excluding carboxylic acids is 3. The molecule has 180 valence electrons. The summed E-state index contributed by atoms with van der Waals surface area (Å²) in [5.74, 6) is -1.85. The van der Waals surface area contributed by atoms with Crippen molar-refractivity contribution in [1.82, 2.24) is 5.01 Å². The van der Waals surface area contributed by atoms with Crippen molar-refractivity contribution in [2.24, 2.45) is 10.5 Å². The molecule has 6 heteroatoms. The number of carbonyl (C=O) groups is 3. The second-order valence-electron chi connectivity index (χ2n) is 10.6. The summed E-state index contributed by atoms with van der Waals surface area (Å²) in [4.78, 5) is 42.8. The molecule has 0 radical (unpaired) electrons. The highest BCUT2D eigenvalue weighted by atomic mass is 16.6. The standard InChI is InChI=1S/C30H26N2O4/c1-29(2,3)36-28(35)24-23(18-11-5-4-6-12-18)30(26(33)21-15-9-10-16-22(21)27(30)34)25-20-14-8-7-13-19(20)17-31-32(24)25/h4-17,23-25H,1-3H3/t23-,24+,25?/m1/s1. The third kappa shape index (κ3) is 2.97. The molecule has 2 heterocycles. The molecule has 3 atom stereocenters. The van der Waals surface area contributed by atoms with E-state index in [0.29, 0.717) is 11.1 Å². The lowest BCUT2D eigenvalue weighted by Gasteiger charge is -2.36. The van der Waals surface area contributed by atoms with Crippen LogP contribution in [-0.2, 0) is 9.53 Å². The number of benzene rings is 3. The van der Waals surface area contributed by atoms with Gasteiger partial charge in [0.25, 0.3) is 0 Å². The molecule has 6 rings (SSSR count). The average Bonchev–Trinajstić information content (AvgIpc) is 3.30. The molecular formula is C30H26N2O4. The zero-order valence-electron chi connectivity index (χ0n) is 20.3. The normalized spacial score (nSPS) is 23.4. The van der Waals surface area contributed by atoms with Crippen molar-refractivity contribution in [2.75, 3.05) is 0 Å². The number of esters is 1. The minimum absolute atomic E-state index is 0.273. The Morgan fingerprint density at radius 2 is 1.44 bits per heavy atom. The van der Waals surface area contributed by atoms with Gasteiger partial charge in [-0.2, -0.15) is 5.10 Å². The summed E-state index contributed by atoms with van der Waals surface area (Å²) in [7, 11) is 0. The fourth-order valence-electron chi connectivity index (χ4n) is 6.14. The average molecular weight is 479 g/mol. The van der Waals surface area contributed by atoms with Gasteiger partial charge in [0.1, 0.15) is 11.0 Å². The molecule has 0 N–H and O–H groups in total. The van der Waals surface area contributed by atoms with Gasteiger partial charge in [-0.15, -0.1) is 0 Å². The van der Waals surface area contributed by atoms with E-state index in [-0.39, 0.29) is 11.6 Å². The minimum atomic E-state index is -1.57. The molecule has 1 fully saturated rings. The van der Waals surface area contributed by atoms with Crippen molar-refractivity contribution >= 4 is 23.8 Å². The number of fused-ring (bicyclic) bond motifs is 5. The van der Waals surface area contributed by atoms with Gasteiger partial charge in [-0.3, -0.25) is 14.6 Å². The number of nitrogens with zero attached hydrogens (tertiary/aromatic N) is 2. The topological polar surface area (TPSA) is 76.0 Å². The highest BCUT2D eigenvalue weighted by Crippen LogP contribution is 2.64. The van der Waals surface area contributed by atoms with Crippen molar-refractivity contribution in [3.63, 3.8) is 0 Å². The van der Waals surface area contributed by atoms with E-state index in [0.717, 1.165) is 16.7 Å². The monoisotopic (exact) mass is 478 g/mol. The summed E-state index contributed by atoms with van der Waals surface area (Å²) in [6.07, 6.45) is 1.70. The van der Waals surface area contributed by atoms with Crippen molar-refractivity contribution in [1.29, 1.82) is 0 Å². The van der Waals surface area contributed by atoms with Crippen LogP contribution in [0.2, 0.25) is 0 Å². The maximum Gasteiger partial charge on any atom is 0.331 e. The third-order valence-electron chi connectivity index (χ3n) is 7.38. The first-order valence-electron chi connectivity index (χ1n) is 12.1. The molecule has 1 spiro atoms. The molecule has 1 unspecified atom stereocenters. The lowest BCUT2D eigenvalue weighted by molar-refractivity contribution is -0.161. The summed E-state index contributed by atoms with van der Waals surface area (Å²) in [5.41, 5.74) is 0.805. The first kappa shape index (κ1) is 22.4. The molecule has 3 aromatic carbocycles. The SMILES string of the molecule is CC(C)(C)OC(=O)[C@@H]1[C@@H](c2ccccc2)C2(C(=O)c3ccccc3C2=O)C2c3ccccc3C=NN21. The number of Topliss-reactive ketones (excluding diaryl/α,β-unsaturated/α-hetero) is 2. The Labute approximate surface area is 209 Å². The van der Waals surface area contributed by atoms with Crippen LogP contribution in [0.1, 0.15) is 70.1 Å². The van der Waals surface area contributed by atoms with Crippen molar-refractivity contribution in [3.8, 4) is 0 Å². The summed E-state index contributed by atoms with van der Waals surface area (Å²) >= 11 is 0. The van der Waals surface area contributed by atoms with Gasteiger partial charge in [0.2, 0.25) is 0 Å². The van der Waals surface area contributed by atoms with Crippen molar-refractivity contribution in [2.45, 2.75) is 44.4 Å². The Bertz CT molecular complexity index is 1400. The second-order valence-corrected chi connectivity index (χ2v) is 10.6. The summed E-state index contributed by atoms with van der Waals surface area (Å²) < 4.78 is 5.88. The van der Waals surface area contributed by atoms with Gasteiger partial charge in [-0.05, 0) is 37.5 Å². The summed E-state index contributed by atoms with van der Waals surface area (Å²) in [6, 6.07) is 22.2. The van der Waals surface area contributed by atoms with Gasteiger partial charge in [-0.1, -0.05) is 78.9 Å². The predicted molar refractivity (Wildman–Crippen MR) is 135 cm³/mol. The van der Waals surface area contributed by atoms with Crippen LogP contribution in [0.5, 0.6) is 0 Å². The number of ether oxygens (including phenoxy) is 1. The highest BCUT2D eigenvalue weighted by Gasteiger charge is 2.73. The van der Waals surface area contributed by atoms with Crippen molar-refractivity contribution in [3.05, 3.63) is 107 Å². The van der Waals surface area contributed by atoms with Gasteiger partial charge < -0.3 is 4.74 Å². The largest absolute Gasteiger partial charge is 0.458 e. The van der Waals surface area contributed by atoms with Gasteiger partial charge in [0, 0.05) is 17.0 Å². The van der Waals surface area contributed by atoms with Crippen LogP contribution in [0.4, 0.5) is 0 Å². The van der Waals surface area contributed by atoms with Crippen LogP contribution in [0, 0.1) is 5.41 Å². The number of ketones is 2. The van der Waals surface area contributed by atoms with Crippen LogP contribution in [0.25, 0.3) is 0 Å². The van der Waals surface area contributed by atoms with Gasteiger partial charge in [0.05, 0.1) is 12.3 Å². The van der Waals surface area contributed by atoms with E-state index in [1.165, 1.54) is 0 Å². The Kier molecular flexibility index (Phi) is 4.80. The van der Waals surface area contributed by atoms with Gasteiger partial charge in [0.15, 0.2) is 17.6 Å². The molecule has 1 aliphatic carbocycles. The van der Waals surface area contributed by atoms with Crippen LogP contribution in [-0.4, -0.2) is 40.4 Å². The van der Waals surface area contributed by atoms with Crippen LogP contribution in [0.15, 0.2) is 84.0 Å². The lowest BCUT2D eigenvalue weighted by atomic mass is 9.63. The Morgan fingerprint density at radius 1 is 0.861 bits per heavy atom. The maximum absolute atomic E-state index is 14.5. The molecule has 2 aliphatic heterocycles. The van der Waals surface area contributed by atoms with Gasteiger partial charge >= 0.3 is 5.97 Å². The smallest absolute Gasteiger partial charge is 0.331 e. The molecule has 6 nitrogen and oxygen atoms in total. The lowest BCUT2D eigenvalue weighted by Crippen LogP contribution is -2.44. The van der Waals surface area contributed by atoms with Crippen LogP contribution >= 0.6 is 0 Å². The molecule has 0 amide bonds. The second kappa shape index (κ2) is 7.72. The molecule has 0 aromatic heterocycles. The summed E-state index contributed by atoms with van der Waals surface area (Å²) in [6.45, 7) is 5.42. The van der Waals surface area contributed by atoms with E-state index in [1.807, 2.05) is 54.6 Å². The molecule has 0 saturated carbocycles. The Morgan fingerprint density at radius 3 is 2.08 bits per heavy atom. The minimum Gasteiger partial charge on any atom is -0.458 e. The van der Waals surface area contributed by atoms with E-state index in [2.05, 4.69) is 0 Å². The van der Waals surface area contributed by atoms with Gasteiger partial charge in [-0.25, -0.2) is 4.79 Å². The molecule has 3 aromatic rings. The van der Waals surface area contributed by atoms with Crippen LogP contribution < -0.4 is 0 Å². The number of hydrogen-bond acceptors (Lipinski definition) is 6. The first-order chi connectivity index (χ1) is 17.2. The zero-order valence-corrected chi connectivity index (χ0v) is 20.3. The number of rotatable bonds is 2. The fourth-order valence-corrected chi connectivity index (χ4v) is 6.14. The molecule has 0 bridgehead atoms. The first-order valence-corrected chi connectivity index (χ1v) is 12.1. The van der Waals surface area contributed by atoms with E-state index >= 15 is 0 Å². The molecule has 36 heavy (non-hydrogen) atoms. The van der Waals surface area contributed by atoms with Crippen LogP contribution in [0.3, 0.4) is 0 Å². The molecule has 1 saturated heterocycles. The Balaban J connectivity index is 1.67.